The molecule has 1 aliphatic heterocycles. The Labute approximate surface area is 186 Å². The van der Waals surface area contributed by atoms with Gasteiger partial charge >= 0.3 is 0 Å². The van der Waals surface area contributed by atoms with Crippen LogP contribution in [0.3, 0.4) is 0 Å². The van der Waals surface area contributed by atoms with Crippen molar-refractivity contribution < 1.29 is 19.0 Å². The first-order valence-corrected chi connectivity index (χ1v) is 12.8. The summed E-state index contributed by atoms with van der Waals surface area (Å²) < 4.78 is 18.3. The number of pyridine rings is 1. The van der Waals surface area contributed by atoms with E-state index >= 15 is 0 Å². The van der Waals surface area contributed by atoms with Crippen LogP contribution in [-0.2, 0) is 16.4 Å². The average Bonchev–Trinajstić information content (AvgIpc) is 2.69. The predicted octanol–water partition coefficient (Wildman–Crippen LogP) is 4.67. The van der Waals surface area contributed by atoms with Gasteiger partial charge in [-0.15, -0.1) is 0 Å². The Morgan fingerprint density at radius 1 is 1.26 bits per heavy atom. The van der Waals surface area contributed by atoms with E-state index in [1.165, 1.54) is 0 Å². The molecule has 1 aliphatic rings. The van der Waals surface area contributed by atoms with E-state index in [0.717, 1.165) is 11.1 Å². The number of aliphatic hydroxyl groups is 1. The van der Waals surface area contributed by atoms with Gasteiger partial charge < -0.3 is 19.0 Å². The Hall–Kier alpha value is -2.40. The molecule has 2 aromatic rings. The molecule has 0 fully saturated rings. The maximum Gasteiger partial charge on any atom is 0.219 e. The Kier molecular flexibility index (Phi) is 6.47. The molecule has 31 heavy (non-hydrogen) atoms. The number of fused-ring (bicyclic) bond motifs is 1. The first-order valence-electron chi connectivity index (χ1n) is 10.4. The maximum absolute atomic E-state index is 11.1. The van der Waals surface area contributed by atoms with Crippen LogP contribution in [0.15, 0.2) is 30.5 Å². The predicted molar refractivity (Wildman–Crippen MR) is 120 cm³/mol. The standard InChI is InChI=1S/C24H31N2O4Si/c1-23(2,3)17-11-16(14-28-31(6)7)22(26-13-17)29-20-18-10-15(12-25)8-9-19(18)30-24(4,5)21(20)27/h8-11,13,20-21,27H,14H2,1-7H3/t20-,21+/m0/s1. The highest BCUT2D eigenvalue weighted by atomic mass is 28.3. The van der Waals surface area contributed by atoms with Crippen molar-refractivity contribution in [2.75, 3.05) is 0 Å². The molecule has 7 heteroatoms. The van der Waals surface area contributed by atoms with Gasteiger partial charge in [0.15, 0.2) is 6.10 Å². The number of nitriles is 1. The first kappa shape index (κ1) is 23.3. The smallest absolute Gasteiger partial charge is 0.219 e. The molecular formula is C24H31N2O4Si. The largest absolute Gasteiger partial charge is 0.485 e. The van der Waals surface area contributed by atoms with Crippen molar-refractivity contribution >= 4 is 9.04 Å². The van der Waals surface area contributed by atoms with Crippen molar-refractivity contribution in [3.8, 4) is 17.7 Å². The van der Waals surface area contributed by atoms with Crippen LogP contribution in [0, 0.1) is 11.3 Å². The van der Waals surface area contributed by atoms with Gasteiger partial charge in [-0.2, -0.15) is 5.26 Å². The molecule has 0 amide bonds. The van der Waals surface area contributed by atoms with E-state index in [1.807, 2.05) is 20.0 Å². The molecule has 3 rings (SSSR count). The van der Waals surface area contributed by atoms with Gasteiger partial charge in [-0.3, -0.25) is 0 Å². The van der Waals surface area contributed by atoms with Gasteiger partial charge in [0, 0.05) is 17.3 Å². The number of aromatic nitrogens is 1. The summed E-state index contributed by atoms with van der Waals surface area (Å²) >= 11 is 0. The molecule has 165 valence electrons. The summed E-state index contributed by atoms with van der Waals surface area (Å²) in [5.74, 6) is 1.02. The van der Waals surface area contributed by atoms with Crippen molar-refractivity contribution in [2.24, 2.45) is 0 Å². The highest BCUT2D eigenvalue weighted by molar-refractivity contribution is 6.48. The lowest BCUT2D eigenvalue weighted by Gasteiger charge is -2.41. The third-order valence-electron chi connectivity index (χ3n) is 5.36. The minimum absolute atomic E-state index is 0.0685. The summed E-state index contributed by atoms with van der Waals surface area (Å²) in [4.78, 5) is 4.61. The van der Waals surface area contributed by atoms with Crippen LogP contribution in [0.4, 0.5) is 0 Å². The van der Waals surface area contributed by atoms with E-state index in [0.29, 0.717) is 29.4 Å². The van der Waals surface area contributed by atoms with Gasteiger partial charge in [-0.25, -0.2) is 4.98 Å². The highest BCUT2D eigenvalue weighted by Crippen LogP contribution is 2.43. The van der Waals surface area contributed by atoms with Gasteiger partial charge in [-0.1, -0.05) is 20.8 Å². The second-order valence-electron chi connectivity index (χ2n) is 9.69. The van der Waals surface area contributed by atoms with Crippen molar-refractivity contribution in [3.05, 3.63) is 52.7 Å². The molecule has 0 aliphatic carbocycles. The summed E-state index contributed by atoms with van der Waals surface area (Å²) in [6.45, 7) is 14.6. The summed E-state index contributed by atoms with van der Waals surface area (Å²) in [5, 5.41) is 20.4. The molecule has 0 bridgehead atoms. The third kappa shape index (κ3) is 5.09. The lowest BCUT2D eigenvalue weighted by Crippen LogP contribution is -2.50. The SMILES string of the molecule is C[Si](C)OCc1cc(C(C)(C)C)cnc1O[C@H]1c2cc(C#N)ccc2OC(C)(C)[C@@H]1O. The summed E-state index contributed by atoms with van der Waals surface area (Å²) in [6, 6.07) is 9.36. The molecule has 2 heterocycles. The molecular weight excluding hydrogens is 408 g/mol. The van der Waals surface area contributed by atoms with Crippen LogP contribution in [0.2, 0.25) is 13.1 Å². The van der Waals surface area contributed by atoms with Crippen LogP contribution in [-0.4, -0.2) is 30.8 Å². The lowest BCUT2D eigenvalue weighted by atomic mass is 9.87. The molecule has 0 saturated heterocycles. The van der Waals surface area contributed by atoms with Crippen molar-refractivity contribution in [3.63, 3.8) is 0 Å². The third-order valence-corrected chi connectivity index (χ3v) is 6.09. The molecule has 1 aromatic heterocycles. The quantitative estimate of drug-likeness (QED) is 0.682. The van der Waals surface area contributed by atoms with Gasteiger partial charge in [0.2, 0.25) is 14.9 Å². The number of rotatable bonds is 5. The molecule has 1 N–H and O–H groups in total. The van der Waals surface area contributed by atoms with Crippen molar-refractivity contribution in [1.29, 1.82) is 5.26 Å². The minimum atomic E-state index is -0.955. The highest BCUT2D eigenvalue weighted by Gasteiger charge is 2.45. The molecule has 0 spiro atoms. The molecule has 2 atom stereocenters. The number of nitrogens with zero attached hydrogens (tertiary/aromatic N) is 2. The molecule has 6 nitrogen and oxygen atoms in total. The van der Waals surface area contributed by atoms with Crippen molar-refractivity contribution in [2.45, 2.75) is 77.5 Å². The topological polar surface area (TPSA) is 84.6 Å². The van der Waals surface area contributed by atoms with E-state index in [2.05, 4.69) is 51.0 Å². The Morgan fingerprint density at radius 2 is 1.97 bits per heavy atom. The normalized spacial score (nSPS) is 20.0. The van der Waals surface area contributed by atoms with Gasteiger partial charge in [0.05, 0.1) is 18.2 Å². The van der Waals surface area contributed by atoms with Gasteiger partial charge in [0.25, 0.3) is 0 Å². The van der Waals surface area contributed by atoms with E-state index < -0.39 is 26.8 Å². The number of hydrogen-bond acceptors (Lipinski definition) is 6. The second-order valence-corrected chi connectivity index (χ2v) is 11.8. The fraction of sp³-hybridized carbons (Fsp3) is 0.500. The fourth-order valence-corrected chi connectivity index (χ4v) is 3.84. The molecule has 1 aromatic carbocycles. The van der Waals surface area contributed by atoms with Gasteiger partial charge in [-0.05, 0) is 62.2 Å². The second kappa shape index (κ2) is 8.62. The van der Waals surface area contributed by atoms with Gasteiger partial charge in [0.1, 0.15) is 17.5 Å². The van der Waals surface area contributed by atoms with Crippen LogP contribution in [0.25, 0.3) is 0 Å². The Morgan fingerprint density at radius 3 is 2.58 bits per heavy atom. The number of aliphatic hydroxyl groups excluding tert-OH is 1. The monoisotopic (exact) mass is 439 g/mol. The molecule has 0 saturated carbocycles. The van der Waals surface area contributed by atoms with E-state index in [4.69, 9.17) is 13.9 Å². The summed E-state index contributed by atoms with van der Waals surface area (Å²) in [7, 11) is -0.904. The summed E-state index contributed by atoms with van der Waals surface area (Å²) in [6.07, 6.45) is 0.127. The van der Waals surface area contributed by atoms with Crippen molar-refractivity contribution in [1.82, 2.24) is 4.98 Å². The van der Waals surface area contributed by atoms with Crippen LogP contribution < -0.4 is 9.47 Å². The molecule has 1 radical (unpaired) electrons. The van der Waals surface area contributed by atoms with Crippen LogP contribution in [0.5, 0.6) is 11.6 Å². The number of ether oxygens (including phenoxy) is 2. The Balaban J connectivity index is 2.05. The maximum atomic E-state index is 11.1. The fourth-order valence-electron chi connectivity index (χ4n) is 3.40. The average molecular weight is 440 g/mol. The van der Waals surface area contributed by atoms with Crippen LogP contribution in [0.1, 0.15) is 63.0 Å². The first-order chi connectivity index (χ1) is 14.4. The van der Waals surface area contributed by atoms with E-state index in [-0.39, 0.29) is 5.41 Å². The van der Waals surface area contributed by atoms with Crippen LogP contribution >= 0.6 is 0 Å². The zero-order valence-electron chi connectivity index (χ0n) is 19.3. The van der Waals surface area contributed by atoms with E-state index in [1.54, 1.807) is 18.2 Å². The summed E-state index contributed by atoms with van der Waals surface area (Å²) in [5.41, 5.74) is 2.10. The zero-order valence-corrected chi connectivity index (χ0v) is 20.3. The Bertz CT molecular complexity index is 992. The minimum Gasteiger partial charge on any atom is -0.485 e. The lowest BCUT2D eigenvalue weighted by molar-refractivity contribution is -0.104. The zero-order chi connectivity index (χ0) is 23.0. The van der Waals surface area contributed by atoms with E-state index in [9.17, 15) is 10.4 Å². The number of hydrogen-bond donors (Lipinski definition) is 1. The molecule has 0 unspecified atom stereocenters. The number of benzene rings is 1.